The molecule has 0 spiro atoms. The first kappa shape index (κ1) is 75.9. The lowest BCUT2D eigenvalue weighted by atomic mass is 10.1. The summed E-state index contributed by atoms with van der Waals surface area (Å²) in [6.07, 6.45) is 40.6. The molecule has 0 fully saturated rings. The van der Waals surface area contributed by atoms with E-state index in [0.29, 0.717) is 19.3 Å². The van der Waals surface area contributed by atoms with Crippen LogP contribution in [0.5, 0.6) is 0 Å². The molecule has 0 aromatic heterocycles. The van der Waals surface area contributed by atoms with E-state index < -0.39 is 7.82 Å². The molecule has 0 saturated heterocycles. The number of quaternary nitrogens is 3. The van der Waals surface area contributed by atoms with Crippen molar-refractivity contribution in [3.63, 3.8) is 0 Å². The van der Waals surface area contributed by atoms with Crippen LogP contribution in [-0.4, -0.2) is 90.4 Å². The zero-order chi connectivity index (χ0) is 54.6. The molecule has 0 aliphatic rings. The van der Waals surface area contributed by atoms with E-state index in [2.05, 4.69) is 99.4 Å². The fourth-order valence-corrected chi connectivity index (χ4v) is 9.30. The summed E-state index contributed by atoms with van der Waals surface area (Å²) in [7, 11) is -5.39. The summed E-state index contributed by atoms with van der Waals surface area (Å²) in [5.74, 6) is 0.709. The minimum Gasteiger partial charge on any atom is -0.822 e. The monoisotopic (exact) mass is 1030 g/mol. The third-order valence-corrected chi connectivity index (χ3v) is 14.2. The number of carbonyl (C=O) groups is 3. The van der Waals surface area contributed by atoms with Gasteiger partial charge < -0.3 is 19.2 Å². The van der Waals surface area contributed by atoms with Gasteiger partial charge in [0.05, 0.1) is 39.3 Å². The van der Waals surface area contributed by atoms with Crippen LogP contribution in [0.1, 0.15) is 295 Å². The number of nitrogens with zero attached hydrogens (tertiary/aromatic N) is 3. The van der Waals surface area contributed by atoms with Crippen molar-refractivity contribution in [2.45, 2.75) is 295 Å². The highest BCUT2D eigenvalue weighted by atomic mass is 31.2. The Morgan fingerprint density at radius 3 is 0.592 bits per heavy atom. The summed E-state index contributed by atoms with van der Waals surface area (Å²) in [6, 6.07) is 0. The highest BCUT2D eigenvalue weighted by Crippen LogP contribution is 2.15. The topological polar surface area (TPSA) is 174 Å². The number of phosphoric acid groups is 1. The predicted molar refractivity (Wildman–Crippen MR) is 297 cm³/mol. The number of nitrogens with one attached hydrogen (secondary N) is 3. The molecule has 0 aromatic rings. The SMILES string of the molecule is CCCCCCCCCCCC(=O)N[N+](CC)(CC)CCC.CCCCCCCCCCCC(=O)N[N+](CC)(CC)CCC.CCCCCCCCCCCC(=O)N[N+](CC)(CC)CCC.O=P([O-])([O-])[O-]. The second-order valence-electron chi connectivity index (χ2n) is 20.3. The number of unbranched alkanes of at least 4 members (excludes halogenated alkanes) is 24. The molecule has 0 radical (unpaired) electrons. The number of hydrogen-bond acceptors (Lipinski definition) is 7. The van der Waals surface area contributed by atoms with Crippen molar-refractivity contribution >= 4 is 25.5 Å². The molecule has 0 atom stereocenters. The molecule has 0 aromatic carbocycles. The van der Waals surface area contributed by atoms with Crippen molar-refractivity contribution in [3.05, 3.63) is 0 Å². The normalized spacial score (nSPS) is 11.6. The lowest BCUT2D eigenvalue weighted by Crippen LogP contribution is -2.60. The summed E-state index contributed by atoms with van der Waals surface area (Å²) in [5.41, 5.74) is 9.76. The number of rotatable bonds is 45. The van der Waals surface area contributed by atoms with Crippen molar-refractivity contribution in [1.29, 1.82) is 0 Å². The molecule has 0 heterocycles. The van der Waals surface area contributed by atoms with E-state index in [4.69, 9.17) is 19.2 Å². The molecule has 14 heteroatoms. The highest BCUT2D eigenvalue weighted by Gasteiger charge is 2.27. The van der Waals surface area contributed by atoms with Crippen LogP contribution in [0.15, 0.2) is 0 Å². The Labute approximate surface area is 441 Å². The van der Waals surface area contributed by atoms with Crippen LogP contribution >= 0.6 is 7.82 Å². The van der Waals surface area contributed by atoms with Gasteiger partial charge in [0.2, 0.25) is 0 Å². The summed E-state index contributed by atoms with van der Waals surface area (Å²) in [4.78, 5) is 62.0. The second kappa shape index (κ2) is 53.2. The number of carbonyl (C=O) groups excluding carboxylic acids is 3. The highest BCUT2D eigenvalue weighted by molar-refractivity contribution is 7.40. The van der Waals surface area contributed by atoms with E-state index in [1.54, 1.807) is 0 Å². The molecule has 428 valence electrons. The van der Waals surface area contributed by atoms with Crippen LogP contribution in [0.4, 0.5) is 0 Å². The molecule has 0 unspecified atom stereocenters. The minimum absolute atomic E-state index is 0.236. The Bertz CT molecular complexity index is 1070. The Morgan fingerprint density at radius 2 is 0.451 bits per heavy atom. The zero-order valence-corrected chi connectivity index (χ0v) is 50.2. The van der Waals surface area contributed by atoms with Gasteiger partial charge in [-0.1, -0.05) is 196 Å². The Balaban J connectivity index is -0.000000451. The van der Waals surface area contributed by atoms with E-state index in [9.17, 15) is 14.4 Å². The van der Waals surface area contributed by atoms with Crippen molar-refractivity contribution in [2.24, 2.45) is 0 Å². The lowest BCUT2D eigenvalue weighted by molar-refractivity contribution is -0.958. The molecule has 13 nitrogen and oxygen atoms in total. The van der Waals surface area contributed by atoms with Crippen molar-refractivity contribution in [3.8, 4) is 0 Å². The molecule has 0 aliphatic carbocycles. The second-order valence-corrected chi connectivity index (χ2v) is 21.2. The standard InChI is InChI=1S/3C19H40N2O.H3O4P/c3*1-5-9-10-11-12-13-14-15-16-17-19(22)20-21(7-3,8-4)18-6-2;1-5(2,3)4/h3*5-18H2,1-4H3;(H3,1,2,3,4). The average Bonchev–Trinajstić information content (AvgIpc) is 3.34. The van der Waals surface area contributed by atoms with Crippen LogP contribution in [-0.2, 0) is 18.9 Å². The smallest absolute Gasteiger partial charge is 0.264 e. The molecular formula is C57H123N6O7P. The first-order valence-corrected chi connectivity index (χ1v) is 31.6. The van der Waals surface area contributed by atoms with Crippen LogP contribution in [0.3, 0.4) is 0 Å². The van der Waals surface area contributed by atoms with Gasteiger partial charge in [-0.25, -0.2) is 30.1 Å². The maximum absolute atomic E-state index is 12.1. The molecule has 0 bridgehead atoms. The Hall–Kier alpha value is -1.60. The van der Waals surface area contributed by atoms with Gasteiger partial charge in [-0.2, -0.15) is 7.82 Å². The molecular weight excluding hydrogens is 912 g/mol. The van der Waals surface area contributed by atoms with Crippen LogP contribution in [0.2, 0.25) is 0 Å². The molecule has 0 rings (SSSR count). The van der Waals surface area contributed by atoms with Gasteiger partial charge in [-0.3, -0.25) is 14.4 Å². The Morgan fingerprint density at radius 1 is 0.296 bits per heavy atom. The fourth-order valence-electron chi connectivity index (χ4n) is 9.30. The minimum atomic E-state index is -5.39. The van der Waals surface area contributed by atoms with Crippen LogP contribution < -0.4 is 31.0 Å². The van der Waals surface area contributed by atoms with Gasteiger partial charge in [0, 0.05) is 19.3 Å². The van der Waals surface area contributed by atoms with Gasteiger partial charge >= 0.3 is 0 Å². The van der Waals surface area contributed by atoms with Crippen molar-refractivity contribution < 1.29 is 47.4 Å². The lowest BCUT2D eigenvalue weighted by Gasteiger charge is -2.36. The summed E-state index contributed by atoms with van der Waals surface area (Å²) < 4.78 is 10.8. The predicted octanol–water partition coefficient (Wildman–Crippen LogP) is 12.8. The van der Waals surface area contributed by atoms with Crippen molar-refractivity contribution in [1.82, 2.24) is 16.3 Å². The molecule has 71 heavy (non-hydrogen) atoms. The molecule has 0 saturated carbocycles. The summed E-state index contributed by atoms with van der Waals surface area (Å²) >= 11 is 0. The van der Waals surface area contributed by atoms with E-state index >= 15 is 0 Å². The molecule has 3 N–H and O–H groups in total. The van der Waals surface area contributed by atoms with Gasteiger partial charge in [0.25, 0.3) is 17.7 Å². The Kier molecular flexibility index (Phi) is 56.9. The van der Waals surface area contributed by atoms with Crippen LogP contribution in [0, 0.1) is 0 Å². The van der Waals surface area contributed by atoms with Gasteiger partial charge in [0.1, 0.15) is 19.6 Å². The zero-order valence-electron chi connectivity index (χ0n) is 49.3. The first-order chi connectivity index (χ1) is 33.9. The fraction of sp³-hybridized carbons (Fsp3) is 0.947. The third-order valence-electron chi connectivity index (χ3n) is 14.2. The largest absolute Gasteiger partial charge is 0.822 e. The molecule has 3 amide bonds. The maximum atomic E-state index is 12.1. The van der Waals surface area contributed by atoms with Crippen molar-refractivity contribution in [2.75, 3.05) is 58.9 Å². The van der Waals surface area contributed by atoms with Gasteiger partial charge in [-0.05, 0) is 80.1 Å². The number of hydrogen-bond donors (Lipinski definition) is 3. The summed E-state index contributed by atoms with van der Waals surface area (Å²) in [6.45, 7) is 35.3. The maximum Gasteiger partial charge on any atom is 0.264 e. The third kappa shape index (κ3) is 51.7. The van der Waals surface area contributed by atoms with Crippen LogP contribution in [0.25, 0.3) is 0 Å². The quantitative estimate of drug-likeness (QED) is 0.0236. The van der Waals surface area contributed by atoms with E-state index in [1.807, 2.05) is 0 Å². The van der Waals surface area contributed by atoms with E-state index in [0.717, 1.165) is 111 Å². The average molecular weight is 1040 g/mol. The first-order valence-electron chi connectivity index (χ1n) is 30.2. The summed E-state index contributed by atoms with van der Waals surface area (Å²) in [5, 5.41) is 0. The number of amides is 3. The van der Waals surface area contributed by atoms with E-state index in [-0.39, 0.29) is 17.7 Å². The molecule has 0 aliphatic heterocycles. The van der Waals surface area contributed by atoms with E-state index in [1.165, 1.54) is 154 Å². The van der Waals surface area contributed by atoms with Gasteiger partial charge in [0.15, 0.2) is 0 Å². The van der Waals surface area contributed by atoms with Gasteiger partial charge in [-0.15, -0.1) is 0 Å².